The van der Waals surface area contributed by atoms with Crippen molar-refractivity contribution >= 4 is 13.9 Å². The van der Waals surface area contributed by atoms with Crippen molar-refractivity contribution in [3.8, 4) is 5.75 Å². The van der Waals surface area contributed by atoms with E-state index in [4.69, 9.17) is 4.74 Å². The van der Waals surface area contributed by atoms with Crippen molar-refractivity contribution in [3.05, 3.63) is 94.3 Å². The predicted molar refractivity (Wildman–Crippen MR) is 118 cm³/mol. The highest BCUT2D eigenvalue weighted by molar-refractivity contribution is 7.48. The molecule has 0 saturated heterocycles. The maximum atomic E-state index is 14.5. The summed E-state index contributed by atoms with van der Waals surface area (Å²) in [6.07, 6.45) is 0.846. The van der Waals surface area contributed by atoms with Crippen LogP contribution in [0.25, 0.3) is 0 Å². The van der Waals surface area contributed by atoms with E-state index in [1.165, 1.54) is 0 Å². The van der Waals surface area contributed by atoms with Crippen molar-refractivity contribution in [3.63, 3.8) is 0 Å². The van der Waals surface area contributed by atoms with Gasteiger partial charge in [-0.3, -0.25) is 0 Å². The number of hydrogen-bond donors (Lipinski definition) is 0. The largest absolute Gasteiger partial charge is 0.489 e. The van der Waals surface area contributed by atoms with E-state index in [0.717, 1.165) is 11.1 Å². The molecule has 1 unspecified atom stereocenters. The molecular weight excluding hydrogens is 442 g/mol. The molecule has 3 rings (SSSR count). The molecule has 0 N–H and O–H groups in total. The fourth-order valence-electron chi connectivity index (χ4n) is 3.71. The molecule has 0 radical (unpaired) electrons. The molecule has 0 aliphatic rings. The van der Waals surface area contributed by atoms with Gasteiger partial charge in [0.2, 0.25) is 5.82 Å². The zero-order chi connectivity index (χ0) is 23.5. The number of rotatable bonds is 8. The van der Waals surface area contributed by atoms with Gasteiger partial charge in [-0.2, -0.15) is 0 Å². The number of hydrogen-bond acceptors (Lipinski definition) is 1. The molecule has 0 spiro atoms. The zero-order valence-electron chi connectivity index (χ0n) is 18.0. The Balaban J connectivity index is 2.08. The van der Waals surface area contributed by atoms with Crippen LogP contribution >= 0.6 is 8.58 Å². The van der Waals surface area contributed by atoms with Gasteiger partial charge in [0.1, 0.15) is 12.4 Å². The van der Waals surface area contributed by atoms with E-state index in [1.54, 1.807) is 6.07 Å². The summed E-state index contributed by atoms with van der Waals surface area (Å²) >= 11 is 0. The molecule has 0 aliphatic carbocycles. The average molecular weight is 466 g/mol. The third-order valence-corrected chi connectivity index (χ3v) is 7.81. The van der Waals surface area contributed by atoms with Crippen LogP contribution in [0.3, 0.4) is 0 Å². The number of benzene rings is 3. The van der Waals surface area contributed by atoms with Crippen LogP contribution in [0, 0.1) is 36.0 Å². The number of aryl methyl sites for hydroxylation is 1. The molecule has 0 fully saturated rings. The molecule has 0 heterocycles. The summed E-state index contributed by atoms with van der Waals surface area (Å²) in [7, 11) is -0.683. The first-order chi connectivity index (χ1) is 15.2. The summed E-state index contributed by atoms with van der Waals surface area (Å²) in [4.78, 5) is 0. The second-order valence-electron chi connectivity index (χ2n) is 7.63. The summed E-state index contributed by atoms with van der Waals surface area (Å²) in [5, 5.41) is -1.64. The van der Waals surface area contributed by atoms with E-state index in [0.29, 0.717) is 24.2 Å². The predicted octanol–water partition coefficient (Wildman–Crippen LogP) is 7.29. The molecule has 1 nitrogen and oxygen atoms in total. The van der Waals surface area contributed by atoms with Crippen LogP contribution in [-0.2, 0) is 11.8 Å². The third-order valence-electron chi connectivity index (χ3n) is 5.67. The first-order valence-electron chi connectivity index (χ1n) is 10.3. The molecular formula is C25H24F5OP. The van der Waals surface area contributed by atoms with Crippen LogP contribution in [0.2, 0.25) is 0 Å². The van der Waals surface area contributed by atoms with E-state index >= 15 is 0 Å². The van der Waals surface area contributed by atoms with E-state index < -0.39 is 48.1 Å². The standard InChI is InChI=1S/C25H24F5OP/c1-4-25(5-2,32-24-22(29)20(27)19(26)21(28)23(24)30)17-13-15(3)11-12-18(17)31-14-16-9-7-6-8-10-16/h6-13,32H,4-5,14H2,1-3H3. The highest BCUT2D eigenvalue weighted by atomic mass is 31.1. The van der Waals surface area contributed by atoms with E-state index in [1.807, 2.05) is 63.2 Å². The molecule has 7 heteroatoms. The van der Waals surface area contributed by atoms with Crippen LogP contribution in [0.1, 0.15) is 43.4 Å². The Morgan fingerprint density at radius 3 is 1.91 bits per heavy atom. The van der Waals surface area contributed by atoms with E-state index in [9.17, 15) is 22.0 Å². The lowest BCUT2D eigenvalue weighted by Gasteiger charge is -2.34. The van der Waals surface area contributed by atoms with Crippen molar-refractivity contribution in [1.29, 1.82) is 0 Å². The second kappa shape index (κ2) is 9.99. The van der Waals surface area contributed by atoms with Gasteiger partial charge >= 0.3 is 0 Å². The highest BCUT2D eigenvalue weighted by Gasteiger charge is 2.36. The van der Waals surface area contributed by atoms with Crippen molar-refractivity contribution in [2.24, 2.45) is 0 Å². The summed E-state index contributed by atoms with van der Waals surface area (Å²) in [6.45, 7) is 5.84. The average Bonchev–Trinajstić information content (AvgIpc) is 2.82. The quantitative estimate of drug-likeness (QED) is 0.147. The second-order valence-corrected chi connectivity index (χ2v) is 9.34. The summed E-state index contributed by atoms with van der Waals surface area (Å²) in [5.74, 6) is -9.00. The molecule has 0 bridgehead atoms. The van der Waals surface area contributed by atoms with Crippen LogP contribution in [0.5, 0.6) is 5.75 Å². The fraction of sp³-hybridized carbons (Fsp3) is 0.280. The topological polar surface area (TPSA) is 9.23 Å². The van der Waals surface area contributed by atoms with Crippen LogP contribution in [-0.4, -0.2) is 0 Å². The van der Waals surface area contributed by atoms with Gasteiger partial charge in [-0.25, -0.2) is 22.0 Å². The summed E-state index contributed by atoms with van der Waals surface area (Å²) in [5.41, 5.74) is 2.54. The van der Waals surface area contributed by atoms with Crippen molar-refractivity contribution < 1.29 is 26.7 Å². The Labute approximate surface area is 186 Å². The number of ether oxygens (including phenoxy) is 1. The van der Waals surface area contributed by atoms with Gasteiger partial charge in [0.05, 0.1) is 5.30 Å². The van der Waals surface area contributed by atoms with Crippen LogP contribution < -0.4 is 10.0 Å². The Morgan fingerprint density at radius 1 is 0.781 bits per heavy atom. The first kappa shape index (κ1) is 24.2. The Morgan fingerprint density at radius 2 is 1.34 bits per heavy atom. The monoisotopic (exact) mass is 466 g/mol. The fourth-order valence-corrected chi connectivity index (χ4v) is 5.31. The molecule has 0 saturated carbocycles. The molecule has 1 atom stereocenters. The maximum absolute atomic E-state index is 14.5. The lowest BCUT2D eigenvalue weighted by molar-refractivity contribution is 0.298. The maximum Gasteiger partial charge on any atom is 0.200 e. The molecule has 170 valence electrons. The van der Waals surface area contributed by atoms with Gasteiger partial charge in [0, 0.05) is 10.7 Å². The van der Waals surface area contributed by atoms with Gasteiger partial charge in [-0.15, -0.1) is 0 Å². The zero-order valence-corrected chi connectivity index (χ0v) is 19.0. The Bertz CT molecular complexity index is 1070. The SMILES string of the molecule is CCC(CC)(Pc1c(F)c(F)c(F)c(F)c1F)c1cc(C)ccc1OCc1ccccc1. The van der Waals surface area contributed by atoms with Crippen LogP contribution in [0.15, 0.2) is 48.5 Å². The smallest absolute Gasteiger partial charge is 0.200 e. The first-order valence-corrected chi connectivity index (χ1v) is 11.3. The Hall–Kier alpha value is -2.46. The highest BCUT2D eigenvalue weighted by Crippen LogP contribution is 2.51. The summed E-state index contributed by atoms with van der Waals surface area (Å²) in [6, 6.07) is 15.0. The van der Waals surface area contributed by atoms with Gasteiger partial charge in [-0.05, 0) is 31.4 Å². The minimum absolute atomic E-state index is 0.284. The molecule has 3 aromatic rings. The summed E-state index contributed by atoms with van der Waals surface area (Å²) < 4.78 is 76.4. The molecule has 0 amide bonds. The minimum atomic E-state index is -2.14. The molecule has 0 aromatic heterocycles. The van der Waals surface area contributed by atoms with Gasteiger partial charge < -0.3 is 4.74 Å². The lowest BCUT2D eigenvalue weighted by Crippen LogP contribution is -2.27. The van der Waals surface area contributed by atoms with E-state index in [2.05, 4.69) is 0 Å². The number of halogens is 5. The van der Waals surface area contributed by atoms with Crippen molar-refractivity contribution in [1.82, 2.24) is 0 Å². The minimum Gasteiger partial charge on any atom is -0.489 e. The molecule has 3 aromatic carbocycles. The van der Waals surface area contributed by atoms with Crippen molar-refractivity contribution in [2.45, 2.75) is 45.4 Å². The Kier molecular flexibility index (Phi) is 7.55. The van der Waals surface area contributed by atoms with Crippen molar-refractivity contribution in [2.75, 3.05) is 0 Å². The van der Waals surface area contributed by atoms with Gasteiger partial charge in [-0.1, -0.05) is 70.5 Å². The molecule has 0 aliphatic heterocycles. The van der Waals surface area contributed by atoms with Gasteiger partial charge in [0.15, 0.2) is 23.3 Å². The molecule has 32 heavy (non-hydrogen) atoms. The lowest BCUT2D eigenvalue weighted by atomic mass is 9.90. The third kappa shape index (κ3) is 4.66. The van der Waals surface area contributed by atoms with Gasteiger partial charge in [0.25, 0.3) is 0 Å². The van der Waals surface area contributed by atoms with E-state index in [-0.39, 0.29) is 6.61 Å². The van der Waals surface area contributed by atoms with Crippen LogP contribution in [0.4, 0.5) is 22.0 Å². The normalized spacial score (nSPS) is 12.0.